The van der Waals surface area contributed by atoms with Crippen LogP contribution >= 0.6 is 11.8 Å². The molecular formula is C81H144N24O19S. The van der Waals surface area contributed by atoms with Crippen molar-refractivity contribution >= 4 is 118 Å². The highest BCUT2D eigenvalue weighted by Gasteiger charge is 2.38. The van der Waals surface area contributed by atoms with Gasteiger partial charge in [-0.05, 0) is 204 Å². The summed E-state index contributed by atoms with van der Waals surface area (Å²) in [4.78, 5) is 235. The molecule has 0 spiro atoms. The van der Waals surface area contributed by atoms with E-state index in [0.717, 1.165) is 0 Å². The SMILES string of the molecule is CC[C@H](C)[C@H](NNC(=O)CCCCNC(=O)[C@H](CCCCN)NC(=O)[C@H](CCSC)NC(=O)[C@H](CCCN=C(N)N)NC(=O)[C@H](CC(C)C)NC(C)=O)C(=O)N[C@@H](C)C(=O)N[C@@H](Cc1ccc(O)cc1)C(=O)N[C@@H](CC(C)C)C(=O)N[C@@H](CCCCN)C(=O)N[C@@H](CCC(N)=O)C(=O)N[C@@H](C)C(=O)N[C@H](C(=O)N[C@@H](C)C(=O)N[C@@H](CCCCN)C(N)=O)[C@@H](C)O. The molecule has 1 rings (SSSR count). The van der Waals surface area contributed by atoms with E-state index in [9.17, 15) is 91.7 Å². The Hall–Kier alpha value is -10.6. The first-order chi connectivity index (χ1) is 58.9. The zero-order chi connectivity index (χ0) is 94.6. The number of aromatic hydroxyl groups is 1. The predicted octanol–water partition coefficient (Wildman–Crippen LogP) is -4.94. The van der Waals surface area contributed by atoms with Gasteiger partial charge < -0.3 is 125 Å². The molecule has 0 bridgehead atoms. The Labute approximate surface area is 736 Å². The second-order valence-electron chi connectivity index (χ2n) is 32.1. The number of benzene rings is 1. The first-order valence-corrected chi connectivity index (χ1v) is 44.2. The van der Waals surface area contributed by atoms with E-state index in [0.29, 0.717) is 62.9 Å². The molecule has 1 aromatic rings. The lowest BCUT2D eigenvalue weighted by Crippen LogP contribution is -2.61. The normalized spacial score (nSPS) is 15.0. The van der Waals surface area contributed by atoms with Crippen LogP contribution in [0.4, 0.5) is 0 Å². The average molecular weight is 1790 g/mol. The van der Waals surface area contributed by atoms with Gasteiger partial charge in [0.15, 0.2) is 5.96 Å². The van der Waals surface area contributed by atoms with Gasteiger partial charge in [-0.2, -0.15) is 11.8 Å². The quantitative estimate of drug-likeness (QED) is 0.0126. The van der Waals surface area contributed by atoms with E-state index in [1.54, 1.807) is 27.7 Å². The highest BCUT2D eigenvalue weighted by atomic mass is 32.2. The number of aliphatic hydroxyl groups is 1. The van der Waals surface area contributed by atoms with Crippen LogP contribution < -0.4 is 125 Å². The molecule has 0 saturated carbocycles. The van der Waals surface area contributed by atoms with Crippen molar-refractivity contribution in [2.24, 2.45) is 62.9 Å². The summed E-state index contributed by atoms with van der Waals surface area (Å²) < 4.78 is 0. The number of nitrogens with zero attached hydrogens (tertiary/aromatic N) is 1. The van der Waals surface area contributed by atoms with Gasteiger partial charge in [0.1, 0.15) is 90.3 Å². The van der Waals surface area contributed by atoms with Crippen molar-refractivity contribution in [3.05, 3.63) is 29.8 Å². The molecule has 1 aromatic carbocycles. The lowest BCUT2D eigenvalue weighted by molar-refractivity contribution is -0.137. The van der Waals surface area contributed by atoms with Gasteiger partial charge in [0.05, 0.1) is 6.10 Å². The van der Waals surface area contributed by atoms with E-state index < -0.39 is 210 Å². The van der Waals surface area contributed by atoms with Crippen LogP contribution in [0.3, 0.4) is 0 Å². The maximum Gasteiger partial charge on any atom is 0.245 e. The minimum Gasteiger partial charge on any atom is -0.508 e. The second kappa shape index (κ2) is 61.7. The van der Waals surface area contributed by atoms with E-state index >= 15 is 0 Å². The summed E-state index contributed by atoms with van der Waals surface area (Å²) in [6.45, 7) is 18.1. The van der Waals surface area contributed by atoms with Gasteiger partial charge in [-0.15, -0.1) is 0 Å². The van der Waals surface area contributed by atoms with Gasteiger partial charge in [0, 0.05) is 39.3 Å². The van der Waals surface area contributed by atoms with Crippen LogP contribution in [0.5, 0.6) is 5.75 Å². The Morgan fingerprint density at radius 3 is 1.25 bits per heavy atom. The topological polar surface area (TPSA) is 718 Å². The van der Waals surface area contributed by atoms with E-state index in [-0.39, 0.29) is 127 Å². The number of hydrazine groups is 1. The van der Waals surface area contributed by atoms with Crippen LogP contribution in [0.25, 0.3) is 0 Å². The number of aliphatic hydroxyl groups excluding tert-OH is 1. The van der Waals surface area contributed by atoms with Crippen molar-refractivity contribution in [1.29, 1.82) is 0 Å². The fourth-order valence-corrected chi connectivity index (χ4v) is 13.0. The summed E-state index contributed by atoms with van der Waals surface area (Å²) in [5, 5.41) is 57.2. The number of carbonyl (C=O) groups is 17. The number of amides is 17. The molecule has 708 valence electrons. The molecule has 0 aromatic heterocycles. The van der Waals surface area contributed by atoms with Gasteiger partial charge in [-0.25, -0.2) is 5.43 Å². The van der Waals surface area contributed by atoms with Gasteiger partial charge in [0.25, 0.3) is 0 Å². The number of phenols is 1. The third-order valence-corrected chi connectivity index (χ3v) is 20.6. The summed E-state index contributed by atoms with van der Waals surface area (Å²) >= 11 is 1.41. The summed E-state index contributed by atoms with van der Waals surface area (Å²) in [5.41, 5.74) is 44.9. The molecule has 0 heterocycles. The van der Waals surface area contributed by atoms with Crippen LogP contribution in [-0.2, 0) is 87.9 Å². The first-order valence-electron chi connectivity index (χ1n) is 42.9. The van der Waals surface area contributed by atoms with Crippen molar-refractivity contribution in [3.8, 4) is 5.75 Å². The molecule has 0 aliphatic carbocycles. The van der Waals surface area contributed by atoms with Gasteiger partial charge >= 0.3 is 0 Å². The number of unbranched alkanes of at least 4 members (excludes halogenated alkanes) is 4. The van der Waals surface area contributed by atoms with Crippen LogP contribution in [0, 0.1) is 17.8 Å². The number of phenolic OH excluding ortho intramolecular Hbond substituents is 1. The van der Waals surface area contributed by atoms with Crippen molar-refractivity contribution in [2.75, 3.05) is 44.7 Å². The molecule has 32 N–H and O–H groups in total. The Morgan fingerprint density at radius 2 is 0.808 bits per heavy atom. The Kier molecular flexibility index (Phi) is 55.5. The number of nitrogens with one attached hydrogen (secondary N) is 16. The first kappa shape index (κ1) is 112. The Bertz CT molecular complexity index is 3650. The summed E-state index contributed by atoms with van der Waals surface area (Å²) in [6, 6.07) is -12.7. The van der Waals surface area contributed by atoms with E-state index in [2.05, 4.69) is 90.3 Å². The molecule has 0 radical (unpaired) electrons. The summed E-state index contributed by atoms with van der Waals surface area (Å²) in [5.74, 6) is -14.0. The minimum atomic E-state index is -1.71. The largest absolute Gasteiger partial charge is 0.508 e. The number of hydrogen-bond donors (Lipinski definition) is 25. The molecule has 0 saturated heterocycles. The fourth-order valence-electron chi connectivity index (χ4n) is 12.6. The standard InChI is InChI=1S/C81H144N24O19S/c1-13-46(6)65(105-104-64(110)27-17-21-38-89-71(115)55(24-15-19-36-83)96-75(119)59(34-40-125-12)100-74(118)57(26-22-39-90-81(87)88)98-76(120)60(41-44(2)3)94-51(11)107)79(123)92-48(8)69(113)101-62(43-52-28-30-53(108)31-29-52)78(122)102-61(42-45(4)5)77(121)97-56(25-16-20-37-84)73(117)99-58(32-33-63(85)109)72(116)91-49(9)70(114)103-66(50(10)106)80(124)93-47(7)68(112)95-54(67(86)111)23-14-18-35-82/h28-31,44-50,54-62,65-66,105-106,108H,13-27,32-43,82-84H2,1-12H3,(H2,85,109)(H2,86,111)(H,89,115)(H,91,116)(H,92,123)(H,93,124)(H,94,107)(H,95,112)(H,96,119)(H,97,121)(H,98,120)(H,99,117)(H,100,118)(H,101,113)(H,102,122)(H,103,114)(H,104,110)(H4,87,88,90)/t46-,47-,48-,49-,50+,54-,55-,56-,57-,58-,59-,60-,61-,62-,65-,66-/m0/s1. The predicted molar refractivity (Wildman–Crippen MR) is 471 cm³/mol. The van der Waals surface area contributed by atoms with Crippen molar-refractivity contribution in [2.45, 2.75) is 302 Å². The smallest absolute Gasteiger partial charge is 0.245 e. The van der Waals surface area contributed by atoms with Crippen LogP contribution in [-0.4, -0.2) is 252 Å². The summed E-state index contributed by atoms with van der Waals surface area (Å²) in [7, 11) is 0. The Balaban J connectivity index is 3.37. The molecule has 44 heteroatoms. The minimum absolute atomic E-state index is 0.00465. The molecular weight excluding hydrogens is 1650 g/mol. The Morgan fingerprint density at radius 1 is 0.416 bits per heavy atom. The molecule has 0 aliphatic rings. The number of hydrogen-bond acceptors (Lipinski definition) is 25. The van der Waals surface area contributed by atoms with Crippen molar-refractivity contribution in [3.63, 3.8) is 0 Å². The van der Waals surface area contributed by atoms with E-state index in [1.807, 2.05) is 20.1 Å². The number of guanidine groups is 1. The zero-order valence-electron chi connectivity index (χ0n) is 74.5. The highest BCUT2D eigenvalue weighted by Crippen LogP contribution is 2.17. The molecule has 0 aliphatic heterocycles. The lowest BCUT2D eigenvalue weighted by Gasteiger charge is -2.28. The number of thioether (sulfide) groups is 1. The fraction of sp³-hybridized carbons (Fsp3) is 0.704. The number of rotatable bonds is 65. The van der Waals surface area contributed by atoms with Crippen LogP contribution in [0.15, 0.2) is 29.3 Å². The molecule has 43 nitrogen and oxygen atoms in total. The van der Waals surface area contributed by atoms with E-state index in [1.165, 1.54) is 70.6 Å². The highest BCUT2D eigenvalue weighted by molar-refractivity contribution is 7.98. The van der Waals surface area contributed by atoms with Gasteiger partial charge in [-0.1, -0.05) is 60.1 Å². The average Bonchev–Trinajstić information content (AvgIpc) is 0.856. The number of carbonyl (C=O) groups excluding carboxylic acids is 17. The van der Waals surface area contributed by atoms with Crippen LogP contribution in [0.1, 0.15) is 210 Å². The third kappa shape index (κ3) is 46.8. The maximum atomic E-state index is 14.7. The molecule has 17 amide bonds. The van der Waals surface area contributed by atoms with Crippen LogP contribution in [0.2, 0.25) is 0 Å². The van der Waals surface area contributed by atoms with E-state index in [4.69, 9.17) is 40.1 Å². The molecule has 125 heavy (non-hydrogen) atoms. The number of aliphatic imine (C=N–C) groups is 1. The monoisotopic (exact) mass is 1790 g/mol. The van der Waals surface area contributed by atoms with Gasteiger partial charge in [0.2, 0.25) is 100 Å². The number of primary amides is 2. The molecule has 0 fully saturated rings. The maximum absolute atomic E-state index is 14.7. The summed E-state index contributed by atoms with van der Waals surface area (Å²) in [6.07, 6.45) is 3.51. The lowest BCUT2D eigenvalue weighted by atomic mass is 9.98. The second-order valence-corrected chi connectivity index (χ2v) is 33.1. The van der Waals surface area contributed by atoms with Crippen molar-refractivity contribution in [1.82, 2.24) is 85.3 Å². The molecule has 16 atom stereocenters. The van der Waals surface area contributed by atoms with Crippen molar-refractivity contribution < 1.29 is 91.7 Å². The zero-order valence-corrected chi connectivity index (χ0v) is 75.3. The third-order valence-electron chi connectivity index (χ3n) is 20.0. The molecule has 0 unspecified atom stereocenters. The van der Waals surface area contributed by atoms with Gasteiger partial charge in [-0.3, -0.25) is 91.9 Å². The number of nitrogens with two attached hydrogens (primary N) is 7.